The smallest absolute Gasteiger partial charge is 0.134 e. The second kappa shape index (κ2) is 4.45. The first-order valence-corrected chi connectivity index (χ1v) is 6.63. The number of aryl methyl sites for hydroxylation is 1. The molecule has 4 nitrogen and oxygen atoms in total. The second-order valence-electron chi connectivity index (χ2n) is 3.56. The van der Waals surface area contributed by atoms with Crippen molar-refractivity contribution in [2.24, 2.45) is 0 Å². The molecule has 2 rings (SSSR count). The summed E-state index contributed by atoms with van der Waals surface area (Å²) in [4.78, 5) is 8.20. The number of hydrogen-bond acceptors (Lipinski definition) is 4. The van der Waals surface area contributed by atoms with E-state index < -0.39 is 10.8 Å². The van der Waals surface area contributed by atoms with Gasteiger partial charge in [-0.15, -0.1) is 0 Å². The zero-order valence-electron chi connectivity index (χ0n) is 8.36. The Morgan fingerprint density at radius 1 is 1.60 bits per heavy atom. The maximum Gasteiger partial charge on any atom is 0.134 e. The normalized spacial score (nSPS) is 25.5. The molecule has 1 fully saturated rings. The molecule has 0 aromatic carbocycles. The van der Waals surface area contributed by atoms with E-state index in [-0.39, 0.29) is 6.04 Å². The summed E-state index contributed by atoms with van der Waals surface area (Å²) in [6, 6.07) is 1.94. The molecule has 2 atom stereocenters. The summed E-state index contributed by atoms with van der Waals surface area (Å²) in [6.45, 7) is 1.80. The van der Waals surface area contributed by atoms with Crippen molar-refractivity contribution in [1.29, 1.82) is 0 Å². The van der Waals surface area contributed by atoms with Crippen LogP contribution in [0.15, 0.2) is 6.07 Å². The van der Waals surface area contributed by atoms with E-state index in [1.165, 1.54) is 0 Å². The highest BCUT2D eigenvalue weighted by molar-refractivity contribution is 7.85. The lowest BCUT2D eigenvalue weighted by Gasteiger charge is -2.11. The van der Waals surface area contributed by atoms with Gasteiger partial charge in [-0.1, -0.05) is 11.6 Å². The Labute approximate surface area is 95.9 Å². The number of nitrogens with zero attached hydrogens (tertiary/aromatic N) is 2. The third-order valence-corrected chi connectivity index (χ3v) is 3.90. The zero-order valence-corrected chi connectivity index (χ0v) is 9.94. The van der Waals surface area contributed by atoms with Crippen molar-refractivity contribution in [3.63, 3.8) is 0 Å². The number of hydrogen-bond donors (Lipinski definition) is 1. The molecule has 2 unspecified atom stereocenters. The van der Waals surface area contributed by atoms with E-state index in [1.54, 1.807) is 13.0 Å². The molecule has 0 saturated carbocycles. The molecule has 1 aliphatic rings. The summed E-state index contributed by atoms with van der Waals surface area (Å²) in [5.41, 5.74) is 0. The highest BCUT2D eigenvalue weighted by atomic mass is 35.5. The lowest BCUT2D eigenvalue weighted by Crippen LogP contribution is -2.20. The van der Waals surface area contributed by atoms with Crippen molar-refractivity contribution in [2.75, 3.05) is 16.8 Å². The number of anilines is 1. The van der Waals surface area contributed by atoms with Crippen LogP contribution in [0.25, 0.3) is 0 Å². The van der Waals surface area contributed by atoms with Gasteiger partial charge in [-0.05, 0) is 13.3 Å². The fraction of sp³-hybridized carbons (Fsp3) is 0.556. The molecule has 0 aliphatic carbocycles. The average Bonchev–Trinajstić information content (AvgIpc) is 2.49. The molecule has 0 radical (unpaired) electrons. The summed E-state index contributed by atoms with van der Waals surface area (Å²) in [6.07, 6.45) is 0.924. The Kier molecular flexibility index (Phi) is 3.21. The fourth-order valence-corrected chi connectivity index (χ4v) is 3.23. The van der Waals surface area contributed by atoms with Crippen molar-refractivity contribution in [1.82, 2.24) is 9.97 Å². The quantitative estimate of drug-likeness (QED) is 0.800. The summed E-state index contributed by atoms with van der Waals surface area (Å²) < 4.78 is 11.2. The van der Waals surface area contributed by atoms with Gasteiger partial charge < -0.3 is 5.32 Å². The van der Waals surface area contributed by atoms with E-state index in [2.05, 4.69) is 15.3 Å². The summed E-state index contributed by atoms with van der Waals surface area (Å²) >= 11 is 5.81. The Morgan fingerprint density at radius 3 is 3.00 bits per heavy atom. The lowest BCUT2D eigenvalue weighted by atomic mass is 10.2. The third-order valence-electron chi connectivity index (χ3n) is 2.24. The topological polar surface area (TPSA) is 54.9 Å². The van der Waals surface area contributed by atoms with E-state index in [4.69, 9.17) is 11.6 Å². The van der Waals surface area contributed by atoms with E-state index in [0.717, 1.165) is 18.0 Å². The minimum Gasteiger partial charge on any atom is -0.366 e. The minimum atomic E-state index is -0.676. The minimum absolute atomic E-state index is 0.246. The molecule has 6 heteroatoms. The van der Waals surface area contributed by atoms with Gasteiger partial charge in [-0.3, -0.25) is 4.21 Å². The van der Waals surface area contributed by atoms with Crippen LogP contribution in [0.3, 0.4) is 0 Å². The van der Waals surface area contributed by atoms with Gasteiger partial charge in [-0.2, -0.15) is 0 Å². The molecule has 1 aliphatic heterocycles. The van der Waals surface area contributed by atoms with E-state index >= 15 is 0 Å². The average molecular weight is 246 g/mol. The number of aromatic nitrogens is 2. The molecule has 0 amide bonds. The Hall–Kier alpha value is -0.680. The molecule has 82 valence electrons. The van der Waals surface area contributed by atoms with Gasteiger partial charge in [0.05, 0.1) is 0 Å². The molecular formula is C9H12ClN3OS. The predicted octanol–water partition coefficient (Wildman–Crippen LogP) is 1.37. The molecular weight excluding hydrogens is 234 g/mol. The molecule has 1 N–H and O–H groups in total. The van der Waals surface area contributed by atoms with Crippen LogP contribution < -0.4 is 5.32 Å². The first kappa shape index (κ1) is 10.8. The number of rotatable bonds is 2. The Morgan fingerprint density at radius 2 is 2.40 bits per heavy atom. The Balaban J connectivity index is 2.07. The van der Waals surface area contributed by atoms with E-state index in [1.807, 2.05) is 0 Å². The van der Waals surface area contributed by atoms with Crippen LogP contribution in [0.5, 0.6) is 0 Å². The highest BCUT2D eigenvalue weighted by Gasteiger charge is 2.21. The molecule has 1 saturated heterocycles. The van der Waals surface area contributed by atoms with E-state index in [0.29, 0.717) is 16.7 Å². The molecule has 2 heterocycles. The van der Waals surface area contributed by atoms with Gasteiger partial charge in [0.1, 0.15) is 16.8 Å². The van der Waals surface area contributed by atoms with Gasteiger partial charge >= 0.3 is 0 Å². The van der Waals surface area contributed by atoms with Crippen molar-refractivity contribution in [2.45, 2.75) is 19.4 Å². The summed E-state index contributed by atoms with van der Waals surface area (Å²) in [5.74, 6) is 2.83. The van der Waals surface area contributed by atoms with Crippen molar-refractivity contribution >= 4 is 28.2 Å². The maximum atomic E-state index is 11.2. The second-order valence-corrected chi connectivity index (χ2v) is 5.57. The first-order valence-electron chi connectivity index (χ1n) is 4.76. The van der Waals surface area contributed by atoms with Crippen LogP contribution in [0.4, 0.5) is 5.82 Å². The van der Waals surface area contributed by atoms with Crippen molar-refractivity contribution in [3.05, 3.63) is 17.0 Å². The molecule has 15 heavy (non-hydrogen) atoms. The number of halogens is 1. The van der Waals surface area contributed by atoms with Crippen LogP contribution in [0.2, 0.25) is 5.15 Å². The van der Waals surface area contributed by atoms with Gasteiger partial charge in [0, 0.05) is 34.4 Å². The van der Waals surface area contributed by atoms with Gasteiger partial charge in [0.2, 0.25) is 0 Å². The van der Waals surface area contributed by atoms with E-state index in [9.17, 15) is 4.21 Å². The largest absolute Gasteiger partial charge is 0.366 e. The standard InChI is InChI=1S/C9H12ClN3OS/c1-6-11-8(10)4-9(12-6)13-7-2-3-15(14)5-7/h4,7H,2-3,5H2,1H3,(H,11,12,13). The zero-order chi connectivity index (χ0) is 10.8. The summed E-state index contributed by atoms with van der Waals surface area (Å²) in [5, 5.41) is 3.66. The highest BCUT2D eigenvalue weighted by Crippen LogP contribution is 2.16. The van der Waals surface area contributed by atoms with Crippen molar-refractivity contribution in [3.8, 4) is 0 Å². The van der Waals surface area contributed by atoms with Gasteiger partial charge in [0.25, 0.3) is 0 Å². The van der Waals surface area contributed by atoms with Crippen LogP contribution >= 0.6 is 11.6 Å². The van der Waals surface area contributed by atoms with Gasteiger partial charge in [0.15, 0.2) is 0 Å². The van der Waals surface area contributed by atoms with Crippen LogP contribution in [-0.4, -0.2) is 31.7 Å². The molecule has 0 bridgehead atoms. The van der Waals surface area contributed by atoms with Gasteiger partial charge in [-0.25, -0.2) is 9.97 Å². The van der Waals surface area contributed by atoms with Crippen molar-refractivity contribution < 1.29 is 4.21 Å². The lowest BCUT2D eigenvalue weighted by molar-refractivity contribution is 0.686. The van der Waals surface area contributed by atoms with Crippen LogP contribution in [0, 0.1) is 6.92 Å². The molecule has 0 spiro atoms. The Bertz CT molecular complexity index is 379. The maximum absolute atomic E-state index is 11.2. The third kappa shape index (κ3) is 2.89. The SMILES string of the molecule is Cc1nc(Cl)cc(NC2CCS(=O)C2)n1. The summed E-state index contributed by atoms with van der Waals surface area (Å²) in [7, 11) is -0.676. The van der Waals surface area contributed by atoms with Crippen LogP contribution in [0.1, 0.15) is 12.2 Å². The molecule has 1 aromatic rings. The predicted molar refractivity (Wildman–Crippen MR) is 61.7 cm³/mol. The fourth-order valence-electron chi connectivity index (χ4n) is 1.59. The first-order chi connectivity index (χ1) is 7.13. The van der Waals surface area contributed by atoms with Crippen LogP contribution in [-0.2, 0) is 10.8 Å². The molecule has 1 aromatic heterocycles. The monoisotopic (exact) mass is 245 g/mol. The number of nitrogens with one attached hydrogen (secondary N) is 1.